The van der Waals surface area contributed by atoms with Crippen molar-refractivity contribution in [2.45, 2.75) is 57.2 Å². The molecule has 128 valence electrons. The molecule has 1 saturated carbocycles. The predicted molar refractivity (Wildman–Crippen MR) is 92.2 cm³/mol. The zero-order valence-electron chi connectivity index (χ0n) is 14.1. The van der Waals surface area contributed by atoms with E-state index < -0.39 is 5.60 Å². The molecular weight excluding hydrogens is 302 g/mol. The molecule has 24 heavy (non-hydrogen) atoms. The van der Waals surface area contributed by atoms with Gasteiger partial charge in [0, 0.05) is 6.20 Å². The first kappa shape index (κ1) is 16.7. The van der Waals surface area contributed by atoms with Crippen molar-refractivity contribution < 1.29 is 9.90 Å². The van der Waals surface area contributed by atoms with Crippen LogP contribution >= 0.6 is 0 Å². The van der Waals surface area contributed by atoms with Crippen molar-refractivity contribution in [2.75, 3.05) is 0 Å². The molecule has 5 heteroatoms. The van der Waals surface area contributed by atoms with Crippen molar-refractivity contribution in [3.63, 3.8) is 0 Å². The largest absolute Gasteiger partial charge is 0.385 e. The third kappa shape index (κ3) is 4.03. The van der Waals surface area contributed by atoms with Gasteiger partial charge in [0.25, 0.3) is 0 Å². The quantitative estimate of drug-likeness (QED) is 0.857. The average Bonchev–Trinajstić information content (AvgIpc) is 3.25. The molecule has 0 bridgehead atoms. The van der Waals surface area contributed by atoms with Gasteiger partial charge in [-0.25, -0.2) is 0 Å². The van der Waals surface area contributed by atoms with E-state index in [0.29, 0.717) is 12.6 Å². The number of aliphatic hydroxyl groups is 1. The highest BCUT2D eigenvalue weighted by Crippen LogP contribution is 2.28. The number of benzene rings is 1. The number of amides is 1. The summed E-state index contributed by atoms with van der Waals surface area (Å²) in [6.45, 7) is 2.06. The zero-order chi connectivity index (χ0) is 17.0. The van der Waals surface area contributed by atoms with Gasteiger partial charge in [-0.1, -0.05) is 43.2 Å². The second kappa shape index (κ2) is 7.18. The van der Waals surface area contributed by atoms with Crippen LogP contribution in [0.5, 0.6) is 0 Å². The van der Waals surface area contributed by atoms with Gasteiger partial charge in [-0.3, -0.25) is 9.48 Å². The third-order valence-electron chi connectivity index (χ3n) is 4.73. The summed E-state index contributed by atoms with van der Waals surface area (Å²) in [4.78, 5) is 12.2. The van der Waals surface area contributed by atoms with Crippen molar-refractivity contribution >= 4 is 5.91 Å². The first-order valence-electron chi connectivity index (χ1n) is 8.63. The fraction of sp³-hybridized carbons (Fsp3) is 0.474. The lowest BCUT2D eigenvalue weighted by Gasteiger charge is -2.23. The molecule has 1 aromatic heterocycles. The van der Waals surface area contributed by atoms with Crippen LogP contribution < -0.4 is 5.32 Å². The van der Waals surface area contributed by atoms with Crippen LogP contribution in [0.15, 0.2) is 42.6 Å². The normalized spacial score (nSPS) is 17.6. The minimum Gasteiger partial charge on any atom is -0.385 e. The van der Waals surface area contributed by atoms with E-state index >= 15 is 0 Å². The van der Waals surface area contributed by atoms with Gasteiger partial charge in [0.15, 0.2) is 0 Å². The Morgan fingerprint density at radius 3 is 2.71 bits per heavy atom. The van der Waals surface area contributed by atoms with Crippen LogP contribution in [-0.2, 0) is 16.9 Å². The van der Waals surface area contributed by atoms with E-state index in [-0.39, 0.29) is 12.3 Å². The van der Waals surface area contributed by atoms with E-state index in [2.05, 4.69) is 10.4 Å². The van der Waals surface area contributed by atoms with E-state index in [1.807, 2.05) is 47.3 Å². The van der Waals surface area contributed by atoms with E-state index in [4.69, 9.17) is 0 Å². The summed E-state index contributed by atoms with van der Waals surface area (Å²) in [5.74, 6) is -0.181. The molecule has 1 heterocycles. The molecule has 1 fully saturated rings. The van der Waals surface area contributed by atoms with Crippen LogP contribution in [0, 0.1) is 0 Å². The van der Waals surface area contributed by atoms with E-state index in [1.165, 1.54) is 25.7 Å². The number of carbonyl (C=O) groups is 1. The number of nitrogens with zero attached hydrogens (tertiary/aromatic N) is 2. The second-order valence-corrected chi connectivity index (χ2v) is 6.82. The summed E-state index contributed by atoms with van der Waals surface area (Å²) in [6, 6.07) is 11.7. The molecular formula is C19H25N3O2. The fourth-order valence-corrected chi connectivity index (χ4v) is 3.31. The molecule has 0 saturated heterocycles. The molecule has 1 aliphatic rings. The van der Waals surface area contributed by atoms with E-state index in [1.54, 1.807) is 6.92 Å². The summed E-state index contributed by atoms with van der Waals surface area (Å²) in [5.41, 5.74) is 0.425. The lowest BCUT2D eigenvalue weighted by atomic mass is 9.92. The molecule has 0 aliphatic heterocycles. The van der Waals surface area contributed by atoms with Gasteiger partial charge in [0.05, 0.1) is 30.3 Å². The maximum atomic E-state index is 12.2. The van der Waals surface area contributed by atoms with E-state index in [0.717, 1.165) is 11.3 Å². The topological polar surface area (TPSA) is 67.2 Å². The van der Waals surface area contributed by atoms with Crippen LogP contribution in [0.4, 0.5) is 0 Å². The highest BCUT2D eigenvalue weighted by Gasteiger charge is 2.26. The van der Waals surface area contributed by atoms with Gasteiger partial charge in [-0.15, -0.1) is 0 Å². The maximum Gasteiger partial charge on any atom is 0.223 e. The van der Waals surface area contributed by atoms with Gasteiger partial charge in [0.1, 0.15) is 0 Å². The number of aromatic nitrogens is 2. The van der Waals surface area contributed by atoms with Gasteiger partial charge < -0.3 is 10.4 Å². The number of hydrogen-bond acceptors (Lipinski definition) is 3. The molecule has 1 atom stereocenters. The first-order valence-corrected chi connectivity index (χ1v) is 8.63. The maximum absolute atomic E-state index is 12.2. The Bertz CT molecular complexity index is 673. The van der Waals surface area contributed by atoms with Gasteiger partial charge in [-0.05, 0) is 31.4 Å². The summed E-state index contributed by atoms with van der Waals surface area (Å²) in [7, 11) is 0. The molecule has 3 rings (SSSR count). The summed E-state index contributed by atoms with van der Waals surface area (Å²) in [5, 5.41) is 17.9. The highest BCUT2D eigenvalue weighted by atomic mass is 16.3. The molecule has 2 N–H and O–H groups in total. The molecule has 5 nitrogen and oxygen atoms in total. The third-order valence-corrected chi connectivity index (χ3v) is 4.73. The Kier molecular flexibility index (Phi) is 5.00. The van der Waals surface area contributed by atoms with Crippen LogP contribution in [0.2, 0.25) is 0 Å². The smallest absolute Gasteiger partial charge is 0.223 e. The molecule has 1 aromatic carbocycles. The monoisotopic (exact) mass is 327 g/mol. The SMILES string of the molecule is CC(O)(CC(=O)NCc1ccn(C2CCCC2)n1)c1ccccc1. The van der Waals surface area contributed by atoms with Crippen molar-refractivity contribution in [1.82, 2.24) is 15.1 Å². The molecule has 2 aromatic rings. The minimum atomic E-state index is -1.17. The zero-order valence-corrected chi connectivity index (χ0v) is 14.1. The summed E-state index contributed by atoms with van der Waals surface area (Å²) < 4.78 is 2.02. The van der Waals surface area contributed by atoms with Crippen molar-refractivity contribution in [2.24, 2.45) is 0 Å². The Morgan fingerprint density at radius 1 is 1.29 bits per heavy atom. The Balaban J connectivity index is 1.52. The van der Waals surface area contributed by atoms with Gasteiger partial charge in [0.2, 0.25) is 5.91 Å². The van der Waals surface area contributed by atoms with E-state index in [9.17, 15) is 9.90 Å². The lowest BCUT2D eigenvalue weighted by molar-refractivity contribution is -0.126. The Labute approximate surface area is 142 Å². The highest BCUT2D eigenvalue weighted by molar-refractivity contribution is 5.77. The van der Waals surface area contributed by atoms with Crippen LogP contribution in [0.1, 0.15) is 56.3 Å². The summed E-state index contributed by atoms with van der Waals surface area (Å²) in [6.07, 6.45) is 6.94. The molecule has 1 amide bonds. The fourth-order valence-electron chi connectivity index (χ4n) is 3.31. The Hall–Kier alpha value is -2.14. The van der Waals surface area contributed by atoms with Crippen molar-refractivity contribution in [1.29, 1.82) is 0 Å². The predicted octanol–water partition coefficient (Wildman–Crippen LogP) is 2.91. The number of hydrogen-bond donors (Lipinski definition) is 2. The van der Waals surface area contributed by atoms with Gasteiger partial charge in [-0.2, -0.15) is 5.10 Å². The molecule has 1 aliphatic carbocycles. The average molecular weight is 327 g/mol. The first-order chi connectivity index (χ1) is 11.5. The molecule has 0 radical (unpaired) electrons. The summed E-state index contributed by atoms with van der Waals surface area (Å²) >= 11 is 0. The second-order valence-electron chi connectivity index (χ2n) is 6.82. The van der Waals surface area contributed by atoms with Crippen LogP contribution in [0.25, 0.3) is 0 Å². The number of rotatable bonds is 6. The van der Waals surface area contributed by atoms with Crippen molar-refractivity contribution in [3.05, 3.63) is 53.9 Å². The van der Waals surface area contributed by atoms with Crippen LogP contribution in [0.3, 0.4) is 0 Å². The Morgan fingerprint density at radius 2 is 2.00 bits per heavy atom. The molecule has 1 unspecified atom stereocenters. The number of carbonyl (C=O) groups excluding carboxylic acids is 1. The number of nitrogens with one attached hydrogen (secondary N) is 1. The van der Waals surface area contributed by atoms with Crippen molar-refractivity contribution in [3.8, 4) is 0 Å². The standard InChI is InChI=1S/C19H25N3O2/c1-19(24,15-7-3-2-4-8-15)13-18(23)20-14-16-11-12-22(21-16)17-9-5-6-10-17/h2-4,7-8,11-12,17,24H,5-6,9-10,13-14H2,1H3,(H,20,23). The lowest BCUT2D eigenvalue weighted by Crippen LogP contribution is -2.32. The van der Waals surface area contributed by atoms with Crippen LogP contribution in [-0.4, -0.2) is 20.8 Å². The minimum absolute atomic E-state index is 0.0281. The molecule has 0 spiro atoms. The van der Waals surface area contributed by atoms with Gasteiger partial charge >= 0.3 is 0 Å².